The van der Waals surface area contributed by atoms with Gasteiger partial charge in [0.05, 0.1) is 0 Å². The minimum atomic E-state index is -2.24. The van der Waals surface area contributed by atoms with Gasteiger partial charge in [-0.05, 0) is 19.1 Å². The second kappa shape index (κ2) is 10.1. The van der Waals surface area contributed by atoms with Crippen LogP contribution in [0.15, 0.2) is 0 Å². The van der Waals surface area contributed by atoms with Crippen molar-refractivity contribution in [3.05, 3.63) is 0 Å². The Balaban J connectivity index is 0. The number of hydrogen-bond donors (Lipinski definition) is 1. The second-order valence-corrected chi connectivity index (χ2v) is 11.6. The maximum absolute atomic E-state index is 5.50. The van der Waals surface area contributed by atoms with Crippen LogP contribution in [-0.4, -0.2) is 19.1 Å². The van der Waals surface area contributed by atoms with Crippen molar-refractivity contribution in [1.29, 1.82) is 0 Å². The fourth-order valence-electron chi connectivity index (χ4n) is 0.533. The molecule has 0 saturated heterocycles. The Morgan fingerprint density at radius 2 is 1.42 bits per heavy atom. The maximum atomic E-state index is 5.50. The molecule has 1 N–H and O–H groups in total. The predicted molar refractivity (Wildman–Crippen MR) is 62.6 cm³/mol. The lowest BCUT2D eigenvalue weighted by Gasteiger charge is -2.01. The van der Waals surface area contributed by atoms with E-state index < -0.39 is 6.00 Å². The second-order valence-electron chi connectivity index (χ2n) is 2.32. The van der Waals surface area contributed by atoms with Crippen molar-refractivity contribution < 1.29 is 0 Å². The molecule has 0 unspecified atom stereocenters. The summed E-state index contributed by atoms with van der Waals surface area (Å²) >= 11 is 16.5. The molecule has 0 spiro atoms. The smallest absolute Gasteiger partial charge is 0.317 e. The zero-order chi connectivity index (χ0) is 10.0. The zero-order valence-corrected chi connectivity index (χ0v) is 11.2. The summed E-state index contributed by atoms with van der Waals surface area (Å²) in [5.41, 5.74) is 0. The van der Waals surface area contributed by atoms with Gasteiger partial charge in [-0.2, -0.15) is 0 Å². The van der Waals surface area contributed by atoms with Gasteiger partial charge in [-0.25, -0.2) is 0 Å². The Morgan fingerprint density at radius 1 is 1.00 bits per heavy atom. The predicted octanol–water partition coefficient (Wildman–Crippen LogP) is 3.67. The van der Waals surface area contributed by atoms with E-state index in [1.165, 1.54) is 0 Å². The molecule has 0 amide bonds. The fourth-order valence-corrected chi connectivity index (χ4v) is 2.80. The zero-order valence-electron chi connectivity index (χ0n) is 7.96. The van der Waals surface area contributed by atoms with Crippen LogP contribution in [0.25, 0.3) is 0 Å². The van der Waals surface area contributed by atoms with Gasteiger partial charge < -0.3 is 5.32 Å². The van der Waals surface area contributed by atoms with Gasteiger partial charge in [-0.1, -0.05) is 27.2 Å². The molecule has 0 aromatic carbocycles. The van der Waals surface area contributed by atoms with E-state index in [1.54, 1.807) is 0 Å². The maximum Gasteiger partial charge on any atom is 0.341 e. The van der Waals surface area contributed by atoms with Gasteiger partial charge in [0.1, 0.15) is 0 Å². The van der Waals surface area contributed by atoms with Crippen LogP contribution in [-0.2, 0) is 0 Å². The van der Waals surface area contributed by atoms with Gasteiger partial charge in [0.15, 0.2) is 0 Å². The summed E-state index contributed by atoms with van der Waals surface area (Å²) in [5, 5.41) is 3.11. The quantitative estimate of drug-likeness (QED) is 0.593. The molecular weight excluding hydrogens is 233 g/mol. The van der Waals surface area contributed by atoms with E-state index >= 15 is 0 Å². The molecule has 0 aliphatic heterocycles. The van der Waals surface area contributed by atoms with Crippen LogP contribution < -0.4 is 5.32 Å². The van der Waals surface area contributed by atoms with Gasteiger partial charge in [0, 0.05) is 0 Å². The van der Waals surface area contributed by atoms with E-state index in [2.05, 4.69) is 19.2 Å². The summed E-state index contributed by atoms with van der Waals surface area (Å²) in [4.78, 5) is 0. The van der Waals surface area contributed by atoms with E-state index in [0.29, 0.717) is 0 Å². The summed E-state index contributed by atoms with van der Waals surface area (Å²) in [6.07, 6.45) is 0.975. The Bertz CT molecular complexity index is 83.2. The molecular formula is C7H18Cl3NSi. The van der Waals surface area contributed by atoms with Crippen molar-refractivity contribution in [3.8, 4) is 0 Å². The number of hydrogen-bond acceptors (Lipinski definition) is 1. The average Bonchev–Trinajstić information content (AvgIpc) is 1.87. The Labute approximate surface area is 90.9 Å². The Kier molecular flexibility index (Phi) is 13.1. The lowest BCUT2D eigenvalue weighted by Crippen LogP contribution is -2.09. The highest BCUT2D eigenvalue weighted by atomic mass is 35.8. The molecule has 0 fully saturated rings. The number of rotatable bonds is 4. The first-order valence-electron chi connectivity index (χ1n) is 4.25. The van der Waals surface area contributed by atoms with Crippen LogP contribution in [0.4, 0.5) is 0 Å². The van der Waals surface area contributed by atoms with Crippen LogP contribution in [0.1, 0.15) is 27.2 Å². The lowest BCUT2D eigenvalue weighted by molar-refractivity contribution is 0.762. The number of nitrogens with one attached hydrogen (secondary N) is 1. The van der Waals surface area contributed by atoms with E-state index in [4.69, 9.17) is 33.2 Å². The molecule has 12 heavy (non-hydrogen) atoms. The molecule has 0 aromatic heterocycles. The van der Waals surface area contributed by atoms with Gasteiger partial charge >= 0.3 is 6.00 Å². The first-order chi connectivity index (χ1) is 5.47. The summed E-state index contributed by atoms with van der Waals surface area (Å²) in [6.45, 7) is 8.40. The molecule has 0 bridgehead atoms. The SMILES string of the molecule is CCC[Si](Cl)(Cl)Cl.CCNCC. The van der Waals surface area contributed by atoms with Crippen LogP contribution >= 0.6 is 33.2 Å². The van der Waals surface area contributed by atoms with Crippen LogP contribution in [0.5, 0.6) is 0 Å². The lowest BCUT2D eigenvalue weighted by atomic mass is 10.6. The third-order valence-electron chi connectivity index (χ3n) is 1.03. The fraction of sp³-hybridized carbons (Fsp3) is 1.00. The first-order valence-corrected chi connectivity index (χ1v) is 9.49. The molecule has 1 nitrogen and oxygen atoms in total. The van der Waals surface area contributed by atoms with E-state index in [1.807, 2.05) is 6.92 Å². The van der Waals surface area contributed by atoms with Crippen LogP contribution in [0.2, 0.25) is 6.04 Å². The highest BCUT2D eigenvalue weighted by molar-refractivity contribution is 7.64. The molecule has 5 heteroatoms. The van der Waals surface area contributed by atoms with Crippen molar-refractivity contribution in [2.24, 2.45) is 0 Å². The highest BCUT2D eigenvalue weighted by Gasteiger charge is 2.22. The van der Waals surface area contributed by atoms with Crippen molar-refractivity contribution >= 4 is 39.2 Å². The largest absolute Gasteiger partial charge is 0.341 e. The van der Waals surface area contributed by atoms with Crippen LogP contribution in [0, 0.1) is 0 Å². The molecule has 76 valence electrons. The van der Waals surface area contributed by atoms with Crippen molar-refractivity contribution in [2.75, 3.05) is 13.1 Å². The Hall–Kier alpha value is 1.05. The molecule has 0 radical (unpaired) electrons. The van der Waals surface area contributed by atoms with E-state index in [0.717, 1.165) is 25.6 Å². The van der Waals surface area contributed by atoms with Crippen LogP contribution in [0.3, 0.4) is 0 Å². The molecule has 0 atom stereocenters. The minimum absolute atomic E-state index is 0.775. The summed E-state index contributed by atoms with van der Waals surface area (Å²) in [6, 6.07) is -1.47. The third kappa shape index (κ3) is 22.5. The monoisotopic (exact) mass is 249 g/mol. The topological polar surface area (TPSA) is 12.0 Å². The average molecular weight is 251 g/mol. The molecule has 0 saturated carbocycles. The van der Waals surface area contributed by atoms with Crippen molar-refractivity contribution in [1.82, 2.24) is 5.32 Å². The van der Waals surface area contributed by atoms with Gasteiger partial charge in [0.25, 0.3) is 0 Å². The summed E-state index contributed by atoms with van der Waals surface area (Å²) < 4.78 is 0. The van der Waals surface area contributed by atoms with E-state index in [9.17, 15) is 0 Å². The molecule has 0 aliphatic rings. The first kappa shape index (κ1) is 15.5. The van der Waals surface area contributed by atoms with Gasteiger partial charge in [-0.15, -0.1) is 33.2 Å². The Morgan fingerprint density at radius 3 is 1.42 bits per heavy atom. The molecule has 0 aliphatic carbocycles. The van der Waals surface area contributed by atoms with Gasteiger partial charge in [-0.3, -0.25) is 0 Å². The third-order valence-corrected chi connectivity index (χ3v) is 3.80. The van der Waals surface area contributed by atoms with Gasteiger partial charge in [0.2, 0.25) is 0 Å². The summed E-state index contributed by atoms with van der Waals surface area (Å²) in [5.74, 6) is 0. The standard InChI is InChI=1S/C4H11N.C3H7Cl3Si/c1-3-5-4-2;1-2-3-7(4,5)6/h5H,3-4H2,1-2H3;2-3H2,1H3. The molecule has 0 rings (SSSR count). The van der Waals surface area contributed by atoms with Crippen molar-refractivity contribution in [3.63, 3.8) is 0 Å². The summed E-state index contributed by atoms with van der Waals surface area (Å²) in [7, 11) is 0. The van der Waals surface area contributed by atoms with E-state index in [-0.39, 0.29) is 0 Å². The highest BCUT2D eigenvalue weighted by Crippen LogP contribution is 2.25. The van der Waals surface area contributed by atoms with Crippen molar-refractivity contribution in [2.45, 2.75) is 33.2 Å². The normalized spacial score (nSPS) is 10.5. The molecule has 0 aromatic rings. The number of halogens is 3. The molecule has 0 heterocycles. The minimum Gasteiger partial charge on any atom is -0.317 e.